The molecule has 0 bridgehead atoms. The zero-order valence-electron chi connectivity index (χ0n) is 14.7. The van der Waals surface area contributed by atoms with Gasteiger partial charge in [-0.1, -0.05) is 35.9 Å². The van der Waals surface area contributed by atoms with E-state index in [1.165, 1.54) is 17.3 Å². The number of ether oxygens (including phenoxy) is 2. The first-order valence-corrected chi connectivity index (χ1v) is 8.77. The van der Waals surface area contributed by atoms with Gasteiger partial charge in [-0.05, 0) is 36.2 Å². The summed E-state index contributed by atoms with van der Waals surface area (Å²) in [5.74, 6) is 1.51. The number of hydrogen-bond acceptors (Lipinski definition) is 5. The highest BCUT2D eigenvalue weighted by atomic mass is 35.5. The van der Waals surface area contributed by atoms with E-state index >= 15 is 0 Å². The highest BCUT2D eigenvalue weighted by Crippen LogP contribution is 2.22. The van der Waals surface area contributed by atoms with Crippen LogP contribution in [0.25, 0.3) is 0 Å². The van der Waals surface area contributed by atoms with Crippen molar-refractivity contribution >= 4 is 17.8 Å². The van der Waals surface area contributed by atoms with Crippen molar-refractivity contribution in [3.63, 3.8) is 0 Å². The van der Waals surface area contributed by atoms with Crippen LogP contribution in [-0.4, -0.2) is 34.3 Å². The first kappa shape index (κ1) is 18.7. The SMILES string of the molecule is C=CCc1ccccc1OCCOc1ccc(Cl)cc1/C=N\n1cnnc1. The van der Waals surface area contributed by atoms with Gasteiger partial charge in [0.05, 0.1) is 6.21 Å². The van der Waals surface area contributed by atoms with Crippen LogP contribution in [0.1, 0.15) is 11.1 Å². The molecule has 0 radical (unpaired) electrons. The molecule has 6 nitrogen and oxygen atoms in total. The lowest BCUT2D eigenvalue weighted by Crippen LogP contribution is -2.11. The second-order valence-electron chi connectivity index (χ2n) is 5.57. The molecule has 0 spiro atoms. The van der Waals surface area contributed by atoms with E-state index in [9.17, 15) is 0 Å². The molecule has 138 valence electrons. The minimum Gasteiger partial charge on any atom is -0.490 e. The first-order chi connectivity index (χ1) is 13.3. The Balaban J connectivity index is 1.60. The second-order valence-corrected chi connectivity index (χ2v) is 6.00. The van der Waals surface area contributed by atoms with Crippen molar-refractivity contribution in [1.82, 2.24) is 14.9 Å². The number of rotatable bonds is 9. The van der Waals surface area contributed by atoms with E-state index in [1.807, 2.05) is 36.4 Å². The number of aromatic nitrogens is 3. The highest BCUT2D eigenvalue weighted by Gasteiger charge is 2.05. The number of benzene rings is 2. The van der Waals surface area contributed by atoms with Crippen LogP contribution in [0, 0.1) is 0 Å². The minimum atomic E-state index is 0.386. The lowest BCUT2D eigenvalue weighted by atomic mass is 10.1. The van der Waals surface area contributed by atoms with Gasteiger partial charge in [-0.3, -0.25) is 0 Å². The summed E-state index contributed by atoms with van der Waals surface area (Å²) in [4.78, 5) is 0. The Kier molecular flexibility index (Phi) is 6.60. The fourth-order valence-electron chi connectivity index (χ4n) is 2.41. The van der Waals surface area contributed by atoms with Crippen molar-refractivity contribution in [2.75, 3.05) is 13.2 Å². The van der Waals surface area contributed by atoms with Crippen molar-refractivity contribution in [2.45, 2.75) is 6.42 Å². The van der Waals surface area contributed by atoms with E-state index in [4.69, 9.17) is 21.1 Å². The van der Waals surface area contributed by atoms with Crippen molar-refractivity contribution < 1.29 is 9.47 Å². The molecule has 3 aromatic rings. The normalized spacial score (nSPS) is 10.9. The van der Waals surface area contributed by atoms with Gasteiger partial charge in [0.2, 0.25) is 0 Å². The number of hydrogen-bond donors (Lipinski definition) is 0. The summed E-state index contributed by atoms with van der Waals surface area (Å²) in [5.41, 5.74) is 1.85. The molecular weight excluding hydrogens is 364 g/mol. The molecule has 2 aromatic carbocycles. The molecule has 0 aliphatic heterocycles. The second kappa shape index (κ2) is 9.54. The van der Waals surface area contributed by atoms with Gasteiger partial charge < -0.3 is 9.47 Å². The zero-order chi connectivity index (χ0) is 18.9. The summed E-state index contributed by atoms with van der Waals surface area (Å²) in [7, 11) is 0. The molecule has 0 fully saturated rings. The predicted molar refractivity (Wildman–Crippen MR) is 106 cm³/mol. The summed E-state index contributed by atoms with van der Waals surface area (Å²) < 4.78 is 13.2. The largest absolute Gasteiger partial charge is 0.490 e. The Hall–Kier alpha value is -3.12. The van der Waals surface area contributed by atoms with Crippen LogP contribution in [0.15, 0.2) is 72.9 Å². The molecule has 0 aliphatic rings. The number of halogens is 1. The summed E-state index contributed by atoms with van der Waals surface area (Å²) in [6.07, 6.45) is 7.25. The molecule has 0 atom stereocenters. The number of allylic oxidation sites excluding steroid dienone is 1. The molecule has 0 N–H and O–H groups in total. The van der Waals surface area contributed by atoms with Crippen LogP contribution in [0.2, 0.25) is 5.02 Å². The van der Waals surface area contributed by atoms with Gasteiger partial charge in [-0.2, -0.15) is 5.10 Å². The molecule has 0 saturated carbocycles. The van der Waals surface area contributed by atoms with E-state index in [0.717, 1.165) is 23.3 Å². The average molecular weight is 383 g/mol. The molecule has 3 rings (SSSR count). The Morgan fingerprint density at radius 3 is 2.56 bits per heavy atom. The Bertz CT molecular complexity index is 910. The van der Waals surface area contributed by atoms with Gasteiger partial charge in [-0.15, -0.1) is 16.8 Å². The third-order valence-electron chi connectivity index (χ3n) is 3.64. The average Bonchev–Trinajstić information content (AvgIpc) is 3.20. The van der Waals surface area contributed by atoms with Crippen molar-refractivity contribution in [3.8, 4) is 11.5 Å². The molecule has 0 unspecified atom stereocenters. The maximum atomic E-state index is 6.08. The zero-order valence-corrected chi connectivity index (χ0v) is 15.4. The van der Waals surface area contributed by atoms with E-state index in [-0.39, 0.29) is 0 Å². The van der Waals surface area contributed by atoms with Crippen LogP contribution < -0.4 is 9.47 Å². The van der Waals surface area contributed by atoms with Gasteiger partial charge >= 0.3 is 0 Å². The number of nitrogens with zero attached hydrogens (tertiary/aromatic N) is 4. The first-order valence-electron chi connectivity index (χ1n) is 8.39. The Morgan fingerprint density at radius 1 is 1.04 bits per heavy atom. The van der Waals surface area contributed by atoms with Crippen LogP contribution in [0.3, 0.4) is 0 Å². The molecule has 0 saturated heterocycles. The standard InChI is InChI=1S/C20H19ClN4O2/c1-2-5-16-6-3-4-7-19(16)26-10-11-27-20-9-8-18(21)12-17(20)13-24-25-14-22-23-15-25/h2-4,6-9,12-15H,1,5,10-11H2/b24-13-. The Morgan fingerprint density at radius 2 is 1.78 bits per heavy atom. The third-order valence-corrected chi connectivity index (χ3v) is 3.88. The highest BCUT2D eigenvalue weighted by molar-refractivity contribution is 6.30. The predicted octanol–water partition coefficient (Wildman–Crippen LogP) is 4.00. The van der Waals surface area contributed by atoms with Crippen LogP contribution in [0.5, 0.6) is 11.5 Å². The van der Waals surface area contributed by atoms with E-state index < -0.39 is 0 Å². The van der Waals surface area contributed by atoms with Crippen molar-refractivity contribution in [1.29, 1.82) is 0 Å². The summed E-state index contributed by atoms with van der Waals surface area (Å²) in [5, 5.41) is 12.2. The monoisotopic (exact) mass is 382 g/mol. The van der Waals surface area contributed by atoms with Gasteiger partial charge in [-0.25, -0.2) is 4.68 Å². The molecule has 0 aliphatic carbocycles. The minimum absolute atomic E-state index is 0.386. The molecule has 27 heavy (non-hydrogen) atoms. The quantitative estimate of drug-likeness (QED) is 0.319. The van der Waals surface area contributed by atoms with Crippen molar-refractivity contribution in [3.05, 3.63) is 83.9 Å². The van der Waals surface area contributed by atoms with Gasteiger partial charge in [0, 0.05) is 10.6 Å². The molecular formula is C20H19ClN4O2. The molecule has 1 aromatic heterocycles. The van der Waals surface area contributed by atoms with Gasteiger partial charge in [0.25, 0.3) is 0 Å². The smallest absolute Gasteiger partial charge is 0.141 e. The Labute approximate surface area is 162 Å². The summed E-state index contributed by atoms with van der Waals surface area (Å²) in [6.45, 7) is 4.57. The van der Waals surface area contributed by atoms with E-state index in [2.05, 4.69) is 21.9 Å². The van der Waals surface area contributed by atoms with Crippen LogP contribution in [0.4, 0.5) is 0 Å². The molecule has 1 heterocycles. The maximum absolute atomic E-state index is 6.08. The lowest BCUT2D eigenvalue weighted by Gasteiger charge is -2.12. The third kappa shape index (κ3) is 5.43. The molecule has 0 amide bonds. The van der Waals surface area contributed by atoms with Gasteiger partial charge in [0.15, 0.2) is 0 Å². The van der Waals surface area contributed by atoms with E-state index in [1.54, 1.807) is 18.3 Å². The lowest BCUT2D eigenvalue weighted by molar-refractivity contribution is 0.216. The van der Waals surface area contributed by atoms with E-state index in [0.29, 0.717) is 24.0 Å². The summed E-state index contributed by atoms with van der Waals surface area (Å²) in [6, 6.07) is 13.3. The van der Waals surface area contributed by atoms with Crippen LogP contribution in [-0.2, 0) is 6.42 Å². The topological polar surface area (TPSA) is 61.5 Å². The fraction of sp³-hybridized carbons (Fsp3) is 0.150. The number of para-hydroxylation sites is 1. The molecule has 7 heteroatoms. The fourth-order valence-corrected chi connectivity index (χ4v) is 2.59. The maximum Gasteiger partial charge on any atom is 0.141 e. The van der Waals surface area contributed by atoms with Crippen LogP contribution >= 0.6 is 11.6 Å². The van der Waals surface area contributed by atoms with Gasteiger partial charge in [0.1, 0.15) is 37.4 Å². The summed E-state index contributed by atoms with van der Waals surface area (Å²) >= 11 is 6.08. The van der Waals surface area contributed by atoms with Crippen molar-refractivity contribution in [2.24, 2.45) is 5.10 Å².